The fraction of sp³-hybridized carbons (Fsp3) is 0.429. The molecule has 1 rings (SSSR count). The van der Waals surface area contributed by atoms with Gasteiger partial charge >= 0.3 is 12.1 Å². The first-order chi connectivity index (χ1) is 10.0. The average molecular weight is 336 g/mol. The van der Waals surface area contributed by atoms with E-state index in [-0.39, 0.29) is 0 Å². The molecule has 0 unspecified atom stereocenters. The Labute approximate surface area is 131 Å². The summed E-state index contributed by atoms with van der Waals surface area (Å²) >= 11 is 5.69. The summed E-state index contributed by atoms with van der Waals surface area (Å²) in [5.41, 5.74) is -1.27. The second kappa shape index (κ2) is 6.91. The van der Waals surface area contributed by atoms with Crippen LogP contribution in [0.1, 0.15) is 38.8 Å². The Morgan fingerprint density at radius 1 is 1.32 bits per heavy atom. The van der Waals surface area contributed by atoms with Crippen molar-refractivity contribution >= 4 is 23.7 Å². The van der Waals surface area contributed by atoms with E-state index < -0.39 is 52.3 Å². The number of carboxylic acid groups (broad SMARTS) is 1. The lowest BCUT2D eigenvalue weighted by Crippen LogP contribution is -2.36. The number of hydrogen-bond acceptors (Lipinski definition) is 3. The molecule has 0 spiro atoms. The zero-order chi connectivity index (χ0) is 17.1. The van der Waals surface area contributed by atoms with Gasteiger partial charge in [-0.15, -0.1) is 0 Å². The lowest BCUT2D eigenvalue weighted by molar-refractivity contribution is -0.137. The van der Waals surface area contributed by atoms with Gasteiger partial charge in [-0.3, -0.25) is 4.79 Å². The molecule has 1 aromatic carbocycles. The Hall–Kier alpha value is -1.89. The van der Waals surface area contributed by atoms with Crippen molar-refractivity contribution in [1.29, 1.82) is 0 Å². The Kier molecular flexibility index (Phi) is 5.71. The summed E-state index contributed by atoms with van der Waals surface area (Å²) < 4.78 is 32.3. The van der Waals surface area contributed by atoms with Crippen molar-refractivity contribution in [2.45, 2.75) is 38.8 Å². The number of ether oxygens (including phenoxy) is 1. The molecule has 0 bridgehead atoms. The monoisotopic (exact) mass is 335 g/mol. The van der Waals surface area contributed by atoms with Crippen molar-refractivity contribution in [3.05, 3.63) is 34.4 Å². The van der Waals surface area contributed by atoms with Gasteiger partial charge in [-0.1, -0.05) is 11.6 Å². The fourth-order valence-electron chi connectivity index (χ4n) is 1.71. The Morgan fingerprint density at radius 3 is 2.36 bits per heavy atom. The van der Waals surface area contributed by atoms with Crippen LogP contribution in [-0.4, -0.2) is 22.8 Å². The minimum Gasteiger partial charge on any atom is -0.481 e. The first-order valence-corrected chi connectivity index (χ1v) is 6.73. The smallest absolute Gasteiger partial charge is 0.408 e. The van der Waals surface area contributed by atoms with Crippen LogP contribution in [0.2, 0.25) is 5.02 Å². The van der Waals surface area contributed by atoms with Crippen molar-refractivity contribution in [3.63, 3.8) is 0 Å². The molecule has 0 heterocycles. The van der Waals surface area contributed by atoms with Crippen LogP contribution in [0, 0.1) is 11.6 Å². The van der Waals surface area contributed by atoms with Crippen LogP contribution >= 0.6 is 11.6 Å². The number of carbonyl (C=O) groups excluding carboxylic acids is 1. The number of aliphatic carboxylic acids is 1. The van der Waals surface area contributed by atoms with Crippen LogP contribution in [0.5, 0.6) is 0 Å². The van der Waals surface area contributed by atoms with E-state index in [0.717, 1.165) is 12.1 Å². The minimum atomic E-state index is -1.37. The Morgan fingerprint density at radius 2 is 1.86 bits per heavy atom. The van der Waals surface area contributed by atoms with E-state index in [1.807, 2.05) is 0 Å². The molecule has 0 aromatic heterocycles. The maximum atomic E-state index is 13.9. The maximum absolute atomic E-state index is 13.9. The zero-order valence-electron chi connectivity index (χ0n) is 12.2. The molecule has 0 aliphatic rings. The molecule has 5 nitrogen and oxygen atoms in total. The van der Waals surface area contributed by atoms with Crippen LogP contribution in [0.15, 0.2) is 12.1 Å². The number of halogens is 3. The Balaban J connectivity index is 3.12. The molecule has 1 aromatic rings. The molecule has 0 aliphatic carbocycles. The molecule has 0 saturated heterocycles. The van der Waals surface area contributed by atoms with Gasteiger partial charge in [-0.2, -0.15) is 0 Å². The largest absolute Gasteiger partial charge is 0.481 e. The minimum absolute atomic E-state index is 0.435. The number of alkyl carbamates (subject to hydrolysis) is 1. The van der Waals surface area contributed by atoms with Crippen molar-refractivity contribution < 1.29 is 28.2 Å². The van der Waals surface area contributed by atoms with Gasteiger partial charge in [0.2, 0.25) is 0 Å². The highest BCUT2D eigenvalue weighted by Gasteiger charge is 2.27. The predicted octanol–water partition coefficient (Wildman–Crippen LogP) is 3.66. The van der Waals surface area contributed by atoms with Gasteiger partial charge in [0.15, 0.2) is 0 Å². The Bertz CT molecular complexity index is 587. The summed E-state index contributed by atoms with van der Waals surface area (Å²) in [4.78, 5) is 22.7. The van der Waals surface area contributed by atoms with E-state index in [4.69, 9.17) is 21.4 Å². The molecule has 0 fully saturated rings. The molecule has 2 N–H and O–H groups in total. The topological polar surface area (TPSA) is 75.6 Å². The average Bonchev–Trinajstić information content (AvgIpc) is 2.31. The van der Waals surface area contributed by atoms with Crippen LogP contribution in [-0.2, 0) is 9.53 Å². The van der Waals surface area contributed by atoms with Gasteiger partial charge < -0.3 is 15.2 Å². The highest BCUT2D eigenvalue weighted by atomic mass is 35.5. The molecule has 122 valence electrons. The third kappa shape index (κ3) is 5.14. The van der Waals surface area contributed by atoms with Crippen LogP contribution < -0.4 is 5.32 Å². The highest BCUT2D eigenvalue weighted by Crippen LogP contribution is 2.30. The van der Waals surface area contributed by atoms with E-state index in [1.54, 1.807) is 20.8 Å². The molecular weight excluding hydrogens is 320 g/mol. The standard InChI is InChI=1S/C14H16ClF2NO4/c1-14(2,3)22-13(21)18-9(6-10(19)20)11-7(16)4-5-8(17)12(11)15/h4-5,9H,6H2,1-3H3,(H,18,21)(H,19,20)/t9-/m0/s1. The highest BCUT2D eigenvalue weighted by molar-refractivity contribution is 6.31. The lowest BCUT2D eigenvalue weighted by Gasteiger charge is -2.24. The van der Waals surface area contributed by atoms with Gasteiger partial charge in [-0.05, 0) is 32.9 Å². The summed E-state index contributed by atoms with van der Waals surface area (Å²) in [6.45, 7) is 4.82. The second-order valence-corrected chi connectivity index (χ2v) is 5.93. The number of rotatable bonds is 4. The number of nitrogens with one attached hydrogen (secondary N) is 1. The van der Waals surface area contributed by atoms with Crippen LogP contribution in [0.3, 0.4) is 0 Å². The second-order valence-electron chi connectivity index (χ2n) is 5.55. The number of amides is 1. The molecule has 8 heteroatoms. The van der Waals surface area contributed by atoms with Crippen molar-refractivity contribution in [1.82, 2.24) is 5.32 Å². The lowest BCUT2D eigenvalue weighted by atomic mass is 10.0. The third-order valence-corrected chi connectivity index (χ3v) is 2.88. The van der Waals surface area contributed by atoms with Gasteiger partial charge in [-0.25, -0.2) is 13.6 Å². The molecule has 22 heavy (non-hydrogen) atoms. The summed E-state index contributed by atoms with van der Waals surface area (Å²) in [7, 11) is 0. The number of benzene rings is 1. The molecular formula is C14H16ClF2NO4. The van der Waals surface area contributed by atoms with E-state index in [1.165, 1.54) is 0 Å². The van der Waals surface area contributed by atoms with Crippen molar-refractivity contribution in [2.24, 2.45) is 0 Å². The SMILES string of the molecule is CC(C)(C)OC(=O)N[C@@H](CC(=O)O)c1c(F)ccc(F)c1Cl. The normalized spacial score (nSPS) is 12.6. The summed E-state index contributed by atoms with van der Waals surface area (Å²) in [5, 5.41) is 10.5. The van der Waals surface area contributed by atoms with Gasteiger partial charge in [0.05, 0.1) is 17.5 Å². The maximum Gasteiger partial charge on any atom is 0.408 e. The number of carboxylic acids is 1. The van der Waals surface area contributed by atoms with Gasteiger partial charge in [0.1, 0.15) is 17.2 Å². The quantitative estimate of drug-likeness (QED) is 0.823. The number of carbonyl (C=O) groups is 2. The summed E-state index contributed by atoms with van der Waals surface area (Å²) in [6.07, 6.45) is -1.64. The number of hydrogen-bond donors (Lipinski definition) is 2. The van der Waals surface area contributed by atoms with E-state index in [2.05, 4.69) is 5.32 Å². The van der Waals surface area contributed by atoms with Gasteiger partial charge in [0, 0.05) is 5.56 Å². The zero-order valence-corrected chi connectivity index (χ0v) is 13.0. The first kappa shape index (κ1) is 18.2. The molecule has 1 amide bonds. The predicted molar refractivity (Wildman–Crippen MR) is 75.7 cm³/mol. The first-order valence-electron chi connectivity index (χ1n) is 6.36. The third-order valence-electron chi connectivity index (χ3n) is 2.50. The fourth-order valence-corrected chi connectivity index (χ4v) is 2.00. The van der Waals surface area contributed by atoms with Crippen molar-refractivity contribution in [3.8, 4) is 0 Å². The molecule has 1 atom stereocenters. The van der Waals surface area contributed by atoms with Gasteiger partial charge in [0.25, 0.3) is 0 Å². The van der Waals surface area contributed by atoms with Crippen LogP contribution in [0.4, 0.5) is 13.6 Å². The summed E-state index contributed by atoms with van der Waals surface area (Å²) in [6, 6.07) is 0.254. The van der Waals surface area contributed by atoms with E-state index in [9.17, 15) is 18.4 Å². The molecule has 0 radical (unpaired) electrons. The summed E-state index contributed by atoms with van der Waals surface area (Å²) in [5.74, 6) is -3.16. The van der Waals surface area contributed by atoms with Crippen molar-refractivity contribution in [2.75, 3.05) is 0 Å². The van der Waals surface area contributed by atoms with E-state index in [0.29, 0.717) is 0 Å². The molecule has 0 aliphatic heterocycles. The van der Waals surface area contributed by atoms with E-state index >= 15 is 0 Å². The van der Waals surface area contributed by atoms with Crippen LogP contribution in [0.25, 0.3) is 0 Å². The molecule has 0 saturated carbocycles.